The maximum Gasteiger partial charge on any atom is 0.164 e. The van der Waals surface area contributed by atoms with E-state index in [2.05, 4.69) is 35.8 Å². The molecular formula is C23H17N3OS. The monoisotopic (exact) mass is 383 g/mol. The Hall–Kier alpha value is -3.44. The summed E-state index contributed by atoms with van der Waals surface area (Å²) in [6.07, 6.45) is 0. The minimum atomic E-state index is 0.760. The number of hydrazone groups is 1. The van der Waals surface area contributed by atoms with E-state index in [4.69, 9.17) is 14.8 Å². The molecule has 1 aliphatic heterocycles. The van der Waals surface area contributed by atoms with Gasteiger partial charge in [0.15, 0.2) is 5.84 Å². The van der Waals surface area contributed by atoms with Gasteiger partial charge < -0.3 is 4.74 Å². The van der Waals surface area contributed by atoms with Crippen LogP contribution in [0.15, 0.2) is 88.3 Å². The first-order chi connectivity index (χ1) is 13.8. The van der Waals surface area contributed by atoms with Crippen LogP contribution in [-0.4, -0.2) is 18.7 Å². The summed E-state index contributed by atoms with van der Waals surface area (Å²) in [4.78, 5) is 6.05. The predicted molar refractivity (Wildman–Crippen MR) is 116 cm³/mol. The third-order valence-corrected chi connectivity index (χ3v) is 5.65. The van der Waals surface area contributed by atoms with Gasteiger partial charge in [0.05, 0.1) is 17.7 Å². The maximum atomic E-state index is 5.30. The fraction of sp³-hybridized carbons (Fsp3) is 0.0435. The lowest BCUT2D eigenvalue weighted by Crippen LogP contribution is -2.18. The highest BCUT2D eigenvalue weighted by Crippen LogP contribution is 2.34. The van der Waals surface area contributed by atoms with Crippen molar-refractivity contribution in [1.29, 1.82) is 0 Å². The van der Waals surface area contributed by atoms with Crippen LogP contribution in [0.25, 0.3) is 10.8 Å². The highest BCUT2D eigenvalue weighted by Gasteiger charge is 2.19. The molecule has 0 saturated heterocycles. The molecule has 0 spiro atoms. The zero-order valence-corrected chi connectivity index (χ0v) is 16.0. The molecule has 0 bridgehead atoms. The first-order valence-corrected chi connectivity index (χ1v) is 9.84. The Bertz CT molecular complexity index is 1210. The summed E-state index contributed by atoms with van der Waals surface area (Å²) in [6, 6.07) is 24.6. The summed E-state index contributed by atoms with van der Waals surface area (Å²) >= 11 is 1.64. The number of benzene rings is 3. The molecule has 5 rings (SSSR count). The van der Waals surface area contributed by atoms with E-state index < -0.39 is 0 Å². The topological polar surface area (TPSA) is 46.0 Å². The Balaban J connectivity index is 1.75. The molecule has 5 heteroatoms. The molecule has 0 radical (unpaired) electrons. The van der Waals surface area contributed by atoms with Crippen LogP contribution in [0.5, 0.6) is 5.75 Å². The molecule has 136 valence electrons. The molecule has 4 nitrogen and oxygen atoms in total. The van der Waals surface area contributed by atoms with Gasteiger partial charge in [0.1, 0.15) is 11.5 Å². The van der Waals surface area contributed by atoms with E-state index in [-0.39, 0.29) is 0 Å². The number of rotatable bonds is 3. The second kappa shape index (κ2) is 6.94. The average Bonchev–Trinajstić information content (AvgIpc) is 3.21. The number of aliphatic imine (C=N–C) groups is 1. The number of ether oxygens (including phenoxy) is 1. The van der Waals surface area contributed by atoms with Crippen LogP contribution in [-0.2, 0) is 0 Å². The Morgan fingerprint density at radius 3 is 2.54 bits per heavy atom. The van der Waals surface area contributed by atoms with E-state index in [1.54, 1.807) is 18.4 Å². The van der Waals surface area contributed by atoms with E-state index in [0.29, 0.717) is 0 Å². The third kappa shape index (κ3) is 2.86. The normalized spacial score (nSPS) is 13.2. The van der Waals surface area contributed by atoms with Crippen LogP contribution < -0.4 is 10.2 Å². The van der Waals surface area contributed by atoms with Gasteiger partial charge in [0.2, 0.25) is 0 Å². The molecule has 0 amide bonds. The van der Waals surface area contributed by atoms with Gasteiger partial charge in [-0.2, -0.15) is 5.10 Å². The van der Waals surface area contributed by atoms with Gasteiger partial charge in [-0.05, 0) is 47.2 Å². The largest absolute Gasteiger partial charge is 0.497 e. The molecule has 1 aromatic heterocycles. The molecule has 0 unspecified atom stereocenters. The van der Waals surface area contributed by atoms with Crippen LogP contribution >= 0.6 is 11.3 Å². The summed E-state index contributed by atoms with van der Waals surface area (Å²) in [5.74, 6) is 1.58. The number of hydrogen-bond donors (Lipinski definition) is 1. The molecule has 1 N–H and O–H groups in total. The van der Waals surface area contributed by atoms with Gasteiger partial charge in [-0.25, -0.2) is 4.99 Å². The van der Waals surface area contributed by atoms with Crippen LogP contribution in [0.2, 0.25) is 0 Å². The number of methoxy groups -OCH3 is 1. The molecule has 0 saturated carbocycles. The standard InChI is InChI=1S/C23H17N3OS/c1-27-17-11-8-16(9-12-17)21-19-13-10-15-5-2-3-6-18(15)22(19)24-23(26-25-21)20-7-4-14-28-20/h2-14H,1H3,(H,24,26). The first-order valence-electron chi connectivity index (χ1n) is 8.96. The molecule has 2 heterocycles. The van der Waals surface area contributed by atoms with Crippen molar-refractivity contribution in [3.63, 3.8) is 0 Å². The zero-order chi connectivity index (χ0) is 18.9. The first kappa shape index (κ1) is 16.7. The SMILES string of the molecule is COc1ccc(C2=NNC(c3cccs3)=Nc3c2ccc2ccccc32)cc1. The van der Waals surface area contributed by atoms with Crippen molar-refractivity contribution in [2.24, 2.45) is 10.1 Å². The van der Waals surface area contributed by atoms with Crippen LogP contribution in [0, 0.1) is 0 Å². The highest BCUT2D eigenvalue weighted by molar-refractivity contribution is 7.12. The Morgan fingerprint density at radius 2 is 1.75 bits per heavy atom. The minimum Gasteiger partial charge on any atom is -0.497 e. The average molecular weight is 383 g/mol. The van der Waals surface area contributed by atoms with Crippen molar-refractivity contribution in [2.45, 2.75) is 0 Å². The lowest BCUT2D eigenvalue weighted by molar-refractivity contribution is 0.415. The highest BCUT2D eigenvalue weighted by atomic mass is 32.1. The number of nitrogens with one attached hydrogen (secondary N) is 1. The molecule has 3 aromatic carbocycles. The fourth-order valence-electron chi connectivity index (χ4n) is 3.36. The second-order valence-electron chi connectivity index (χ2n) is 6.42. The molecule has 28 heavy (non-hydrogen) atoms. The van der Waals surface area contributed by atoms with Crippen LogP contribution in [0.4, 0.5) is 5.69 Å². The van der Waals surface area contributed by atoms with Gasteiger partial charge in [-0.3, -0.25) is 5.43 Å². The molecule has 4 aromatic rings. The molecule has 0 fully saturated rings. The smallest absolute Gasteiger partial charge is 0.164 e. The van der Waals surface area contributed by atoms with Gasteiger partial charge in [-0.1, -0.05) is 36.4 Å². The number of amidine groups is 1. The predicted octanol–water partition coefficient (Wildman–Crippen LogP) is 5.34. The minimum absolute atomic E-state index is 0.760. The molecule has 0 atom stereocenters. The lowest BCUT2D eigenvalue weighted by atomic mass is 9.97. The maximum absolute atomic E-state index is 5.30. The molecule has 1 aliphatic rings. The number of thiophene rings is 1. The van der Waals surface area contributed by atoms with Gasteiger partial charge in [0.25, 0.3) is 0 Å². The Labute approximate surface area is 166 Å². The molecule has 0 aliphatic carbocycles. The van der Waals surface area contributed by atoms with Crippen molar-refractivity contribution in [3.05, 3.63) is 94.2 Å². The number of fused-ring (bicyclic) bond motifs is 3. The van der Waals surface area contributed by atoms with Crippen molar-refractivity contribution in [3.8, 4) is 5.75 Å². The van der Waals surface area contributed by atoms with Crippen molar-refractivity contribution < 1.29 is 4.74 Å². The van der Waals surface area contributed by atoms with E-state index >= 15 is 0 Å². The summed E-state index contributed by atoms with van der Waals surface area (Å²) in [7, 11) is 1.67. The summed E-state index contributed by atoms with van der Waals surface area (Å²) in [5, 5.41) is 9.05. The summed E-state index contributed by atoms with van der Waals surface area (Å²) in [6.45, 7) is 0. The lowest BCUT2D eigenvalue weighted by Gasteiger charge is -2.11. The van der Waals surface area contributed by atoms with Crippen molar-refractivity contribution in [1.82, 2.24) is 5.43 Å². The van der Waals surface area contributed by atoms with Crippen LogP contribution in [0.1, 0.15) is 16.0 Å². The van der Waals surface area contributed by atoms with Gasteiger partial charge in [0, 0.05) is 16.5 Å². The van der Waals surface area contributed by atoms with Gasteiger partial charge >= 0.3 is 0 Å². The Kier molecular flexibility index (Phi) is 4.14. The fourth-order valence-corrected chi connectivity index (χ4v) is 4.03. The van der Waals surface area contributed by atoms with E-state index in [0.717, 1.165) is 49.8 Å². The van der Waals surface area contributed by atoms with E-state index in [9.17, 15) is 0 Å². The van der Waals surface area contributed by atoms with Crippen molar-refractivity contribution >= 4 is 39.3 Å². The quantitative estimate of drug-likeness (QED) is 0.519. The van der Waals surface area contributed by atoms with E-state index in [1.807, 2.05) is 47.8 Å². The summed E-state index contributed by atoms with van der Waals surface area (Å²) in [5.41, 5.74) is 6.99. The van der Waals surface area contributed by atoms with E-state index in [1.165, 1.54) is 0 Å². The number of hydrogen-bond acceptors (Lipinski definition) is 5. The number of nitrogens with zero attached hydrogens (tertiary/aromatic N) is 2. The zero-order valence-electron chi connectivity index (χ0n) is 15.2. The van der Waals surface area contributed by atoms with Crippen LogP contribution in [0.3, 0.4) is 0 Å². The third-order valence-electron chi connectivity index (χ3n) is 4.77. The second-order valence-corrected chi connectivity index (χ2v) is 7.37. The Morgan fingerprint density at radius 1 is 0.893 bits per heavy atom. The van der Waals surface area contributed by atoms with Gasteiger partial charge in [-0.15, -0.1) is 11.3 Å². The van der Waals surface area contributed by atoms with Crippen molar-refractivity contribution in [2.75, 3.05) is 7.11 Å². The summed E-state index contributed by atoms with van der Waals surface area (Å²) < 4.78 is 5.30. The molecular weight excluding hydrogens is 366 g/mol.